The van der Waals surface area contributed by atoms with Crippen molar-refractivity contribution in [2.75, 3.05) is 6.61 Å². The van der Waals surface area contributed by atoms with Crippen molar-refractivity contribution < 1.29 is 23.6 Å². The number of esters is 2. The fourth-order valence-corrected chi connectivity index (χ4v) is 1.29. The Morgan fingerprint density at radius 3 is 2.71 bits per heavy atom. The van der Waals surface area contributed by atoms with Crippen LogP contribution in [0.5, 0.6) is 0 Å². The Kier molecular flexibility index (Phi) is 4.68. The van der Waals surface area contributed by atoms with Gasteiger partial charge in [-0.05, 0) is 13.3 Å². The van der Waals surface area contributed by atoms with Crippen LogP contribution in [0.25, 0.3) is 0 Å². The number of nitrogens with zero attached hydrogens (tertiary/aromatic N) is 1. The molecule has 1 aromatic rings. The van der Waals surface area contributed by atoms with Crippen molar-refractivity contribution in [2.45, 2.75) is 33.3 Å². The van der Waals surface area contributed by atoms with E-state index in [0.717, 1.165) is 0 Å². The summed E-state index contributed by atoms with van der Waals surface area (Å²) in [6.45, 7) is 5.11. The molecule has 0 amide bonds. The Hall–Kier alpha value is -1.85. The molecule has 6 heteroatoms. The zero-order valence-corrected chi connectivity index (χ0v) is 10.1. The molecule has 0 bridgehead atoms. The minimum Gasteiger partial charge on any atom is -0.461 e. The van der Waals surface area contributed by atoms with Crippen LogP contribution >= 0.6 is 0 Å². The second-order valence-corrected chi connectivity index (χ2v) is 3.34. The molecule has 1 atom stereocenters. The van der Waals surface area contributed by atoms with E-state index in [9.17, 15) is 9.59 Å². The van der Waals surface area contributed by atoms with Crippen LogP contribution in [0.4, 0.5) is 0 Å². The lowest BCUT2D eigenvalue weighted by atomic mass is 10.2. The van der Waals surface area contributed by atoms with Gasteiger partial charge in [0.05, 0.1) is 6.61 Å². The predicted molar refractivity (Wildman–Crippen MR) is 57.3 cm³/mol. The smallest absolute Gasteiger partial charge is 0.360 e. The lowest BCUT2D eigenvalue weighted by Gasteiger charge is -2.10. The van der Waals surface area contributed by atoms with E-state index >= 15 is 0 Å². The first-order valence-corrected chi connectivity index (χ1v) is 5.39. The van der Waals surface area contributed by atoms with Crippen LogP contribution in [0.15, 0.2) is 10.6 Å². The number of hydrogen-bond donors (Lipinski definition) is 0. The van der Waals surface area contributed by atoms with E-state index in [0.29, 0.717) is 12.2 Å². The fraction of sp³-hybridized carbons (Fsp3) is 0.545. The summed E-state index contributed by atoms with van der Waals surface area (Å²) in [4.78, 5) is 22.2. The SMILES string of the molecule is CCOC(=O)c1cc(C(CC)OC(C)=O)on1. The van der Waals surface area contributed by atoms with Crippen LogP contribution in [0.3, 0.4) is 0 Å². The number of ether oxygens (including phenoxy) is 2. The molecular formula is C11H15NO5. The summed E-state index contributed by atoms with van der Waals surface area (Å²) in [5.74, 6) is -0.628. The predicted octanol–water partition coefficient (Wildman–Crippen LogP) is 1.87. The van der Waals surface area contributed by atoms with E-state index in [1.165, 1.54) is 13.0 Å². The summed E-state index contributed by atoms with van der Waals surface area (Å²) >= 11 is 0. The molecule has 17 heavy (non-hydrogen) atoms. The third-order valence-electron chi connectivity index (χ3n) is 2.01. The van der Waals surface area contributed by atoms with Gasteiger partial charge in [-0.1, -0.05) is 12.1 Å². The molecule has 0 N–H and O–H groups in total. The molecule has 6 nitrogen and oxygen atoms in total. The first kappa shape index (κ1) is 13.2. The van der Waals surface area contributed by atoms with E-state index in [1.54, 1.807) is 6.92 Å². The van der Waals surface area contributed by atoms with Crippen LogP contribution in [0.1, 0.15) is 49.5 Å². The van der Waals surface area contributed by atoms with Gasteiger partial charge >= 0.3 is 11.9 Å². The zero-order valence-electron chi connectivity index (χ0n) is 10.1. The van der Waals surface area contributed by atoms with Gasteiger partial charge in [-0.15, -0.1) is 0 Å². The lowest BCUT2D eigenvalue weighted by molar-refractivity contribution is -0.147. The lowest BCUT2D eigenvalue weighted by Crippen LogP contribution is -2.07. The largest absolute Gasteiger partial charge is 0.461 e. The second kappa shape index (κ2) is 6.03. The normalized spacial score (nSPS) is 11.9. The maximum Gasteiger partial charge on any atom is 0.360 e. The average Bonchev–Trinajstić information content (AvgIpc) is 2.75. The monoisotopic (exact) mass is 241 g/mol. The number of carbonyl (C=O) groups is 2. The molecular weight excluding hydrogens is 226 g/mol. The summed E-state index contributed by atoms with van der Waals surface area (Å²) < 4.78 is 14.7. The number of hydrogen-bond acceptors (Lipinski definition) is 6. The molecule has 1 rings (SSSR count). The van der Waals surface area contributed by atoms with Crippen molar-refractivity contribution in [3.8, 4) is 0 Å². The molecule has 0 saturated carbocycles. The molecule has 0 aliphatic heterocycles. The van der Waals surface area contributed by atoms with Crippen LogP contribution in [-0.4, -0.2) is 23.7 Å². The van der Waals surface area contributed by atoms with Gasteiger partial charge in [0, 0.05) is 13.0 Å². The molecule has 94 valence electrons. The van der Waals surface area contributed by atoms with Crippen molar-refractivity contribution in [2.24, 2.45) is 0 Å². The molecule has 1 heterocycles. The molecule has 0 fully saturated rings. The molecule has 1 unspecified atom stereocenters. The highest BCUT2D eigenvalue weighted by Crippen LogP contribution is 2.22. The van der Waals surface area contributed by atoms with Gasteiger partial charge in [0.25, 0.3) is 0 Å². The molecule has 0 aliphatic carbocycles. The van der Waals surface area contributed by atoms with Gasteiger partial charge in [0.1, 0.15) is 0 Å². The number of rotatable bonds is 5. The van der Waals surface area contributed by atoms with E-state index in [2.05, 4.69) is 5.16 Å². The minimum absolute atomic E-state index is 0.0763. The molecule has 0 radical (unpaired) electrons. The van der Waals surface area contributed by atoms with E-state index < -0.39 is 18.0 Å². The maximum absolute atomic E-state index is 11.3. The number of aromatic nitrogens is 1. The van der Waals surface area contributed by atoms with Gasteiger partial charge in [-0.2, -0.15) is 0 Å². The molecule has 0 aliphatic rings. The Balaban J connectivity index is 2.78. The highest BCUT2D eigenvalue weighted by molar-refractivity contribution is 5.87. The first-order valence-electron chi connectivity index (χ1n) is 5.39. The van der Waals surface area contributed by atoms with Gasteiger partial charge in [0.2, 0.25) is 0 Å². The van der Waals surface area contributed by atoms with Crippen molar-refractivity contribution in [1.82, 2.24) is 5.16 Å². The topological polar surface area (TPSA) is 78.6 Å². The Labute approximate surface area is 98.9 Å². The van der Waals surface area contributed by atoms with Crippen LogP contribution in [-0.2, 0) is 14.3 Å². The van der Waals surface area contributed by atoms with Crippen LogP contribution in [0.2, 0.25) is 0 Å². The second-order valence-electron chi connectivity index (χ2n) is 3.34. The Morgan fingerprint density at radius 2 is 2.18 bits per heavy atom. The van der Waals surface area contributed by atoms with Crippen molar-refractivity contribution in [3.05, 3.63) is 17.5 Å². The molecule has 1 aromatic heterocycles. The van der Waals surface area contributed by atoms with Gasteiger partial charge in [-0.25, -0.2) is 4.79 Å². The third-order valence-corrected chi connectivity index (χ3v) is 2.01. The van der Waals surface area contributed by atoms with Crippen molar-refractivity contribution in [1.29, 1.82) is 0 Å². The average molecular weight is 241 g/mol. The Morgan fingerprint density at radius 1 is 1.47 bits per heavy atom. The quantitative estimate of drug-likeness (QED) is 0.732. The maximum atomic E-state index is 11.3. The van der Waals surface area contributed by atoms with E-state index in [-0.39, 0.29) is 12.3 Å². The van der Waals surface area contributed by atoms with E-state index in [1.807, 2.05) is 6.92 Å². The summed E-state index contributed by atoms with van der Waals surface area (Å²) in [6, 6.07) is 1.43. The number of carbonyl (C=O) groups excluding carboxylic acids is 2. The third kappa shape index (κ3) is 3.58. The summed E-state index contributed by atoms with van der Waals surface area (Å²) in [7, 11) is 0. The van der Waals surface area contributed by atoms with Crippen LogP contribution < -0.4 is 0 Å². The Bertz CT molecular complexity index is 398. The molecule has 0 aromatic carbocycles. The first-order chi connectivity index (χ1) is 8.08. The highest BCUT2D eigenvalue weighted by atomic mass is 16.6. The van der Waals surface area contributed by atoms with Crippen molar-refractivity contribution >= 4 is 11.9 Å². The highest BCUT2D eigenvalue weighted by Gasteiger charge is 2.21. The van der Waals surface area contributed by atoms with Crippen molar-refractivity contribution in [3.63, 3.8) is 0 Å². The minimum atomic E-state index is -0.555. The van der Waals surface area contributed by atoms with Gasteiger partial charge in [0.15, 0.2) is 17.6 Å². The summed E-state index contributed by atoms with van der Waals surface area (Å²) in [5.41, 5.74) is 0.0763. The van der Waals surface area contributed by atoms with Gasteiger partial charge < -0.3 is 14.0 Å². The molecule has 0 spiro atoms. The summed E-state index contributed by atoms with van der Waals surface area (Å²) in [6.07, 6.45) is 0.0139. The van der Waals surface area contributed by atoms with E-state index in [4.69, 9.17) is 14.0 Å². The van der Waals surface area contributed by atoms with Crippen LogP contribution in [0, 0.1) is 0 Å². The van der Waals surface area contributed by atoms with Gasteiger partial charge in [-0.3, -0.25) is 4.79 Å². The summed E-state index contributed by atoms with van der Waals surface area (Å²) in [5, 5.41) is 3.57. The molecule has 0 saturated heterocycles. The fourth-order valence-electron chi connectivity index (χ4n) is 1.29. The standard InChI is InChI=1S/C11H15NO5/c1-4-9(16-7(3)13)10-6-8(12-17-10)11(14)15-5-2/h6,9H,4-5H2,1-3H3. The zero-order chi connectivity index (χ0) is 12.8.